The lowest BCUT2D eigenvalue weighted by Gasteiger charge is -2.10. The van der Waals surface area contributed by atoms with Crippen LogP contribution < -0.4 is 9.46 Å². The molecule has 0 unspecified atom stereocenters. The van der Waals surface area contributed by atoms with Gasteiger partial charge < -0.3 is 4.74 Å². The number of rotatable bonds is 7. The summed E-state index contributed by atoms with van der Waals surface area (Å²) in [4.78, 5) is 0. The maximum Gasteiger partial charge on any atom is 0.215 e. The summed E-state index contributed by atoms with van der Waals surface area (Å²) in [6.45, 7) is 6.56. The van der Waals surface area contributed by atoms with Crippen molar-refractivity contribution < 1.29 is 13.2 Å². The first-order valence-electron chi connectivity index (χ1n) is 7.59. The molecule has 1 N–H and O–H groups in total. The van der Waals surface area contributed by atoms with Crippen LogP contribution in [-0.2, 0) is 15.8 Å². The van der Waals surface area contributed by atoms with Crippen LogP contribution in [0.1, 0.15) is 22.3 Å². The van der Waals surface area contributed by atoms with Gasteiger partial charge in [0.05, 0.1) is 5.75 Å². The normalized spacial score (nSPS) is 11.4. The Hall–Kier alpha value is -1.85. The standard InChI is InChI=1S/C18H23NO3S/c1-14-5-4-6-17(11-14)13-23(20,21)19-9-10-22-18-8-7-15(2)16(3)12-18/h4-8,11-12,19H,9-10,13H2,1-3H3. The van der Waals surface area contributed by atoms with Gasteiger partial charge in [-0.15, -0.1) is 0 Å². The highest BCUT2D eigenvalue weighted by atomic mass is 32.2. The van der Waals surface area contributed by atoms with Crippen LogP contribution >= 0.6 is 0 Å². The maximum atomic E-state index is 12.1. The molecule has 2 aromatic rings. The molecule has 0 aromatic heterocycles. The SMILES string of the molecule is Cc1cccc(CS(=O)(=O)NCCOc2ccc(C)c(C)c2)c1. The van der Waals surface area contributed by atoms with Crippen LogP contribution in [-0.4, -0.2) is 21.6 Å². The summed E-state index contributed by atoms with van der Waals surface area (Å²) < 4.78 is 32.3. The Morgan fingerprint density at radius 2 is 1.78 bits per heavy atom. The first kappa shape index (κ1) is 17.5. The maximum absolute atomic E-state index is 12.1. The fourth-order valence-electron chi connectivity index (χ4n) is 2.24. The molecule has 23 heavy (non-hydrogen) atoms. The summed E-state index contributed by atoms with van der Waals surface area (Å²) in [5.41, 5.74) is 4.20. The summed E-state index contributed by atoms with van der Waals surface area (Å²) in [6.07, 6.45) is 0. The van der Waals surface area contributed by atoms with E-state index in [-0.39, 0.29) is 12.3 Å². The van der Waals surface area contributed by atoms with Crippen LogP contribution in [0.3, 0.4) is 0 Å². The first-order chi connectivity index (χ1) is 10.9. The minimum Gasteiger partial charge on any atom is -0.492 e. The smallest absolute Gasteiger partial charge is 0.215 e. The average molecular weight is 333 g/mol. The molecule has 0 atom stereocenters. The van der Waals surface area contributed by atoms with E-state index in [4.69, 9.17) is 4.74 Å². The molecule has 0 spiro atoms. The van der Waals surface area contributed by atoms with Crippen molar-refractivity contribution >= 4 is 10.0 Å². The Morgan fingerprint density at radius 3 is 2.48 bits per heavy atom. The van der Waals surface area contributed by atoms with E-state index >= 15 is 0 Å². The molecule has 0 radical (unpaired) electrons. The summed E-state index contributed by atoms with van der Waals surface area (Å²) in [5, 5.41) is 0. The van der Waals surface area contributed by atoms with E-state index in [1.54, 1.807) is 0 Å². The lowest BCUT2D eigenvalue weighted by molar-refractivity contribution is 0.322. The molecule has 2 aromatic carbocycles. The molecule has 0 amide bonds. The molecule has 4 nitrogen and oxygen atoms in total. The van der Waals surface area contributed by atoms with E-state index in [0.717, 1.165) is 22.4 Å². The number of benzene rings is 2. The minimum absolute atomic E-state index is 0.0156. The second kappa shape index (κ2) is 7.62. The first-order valence-corrected chi connectivity index (χ1v) is 9.24. The zero-order valence-electron chi connectivity index (χ0n) is 13.8. The van der Waals surface area contributed by atoms with Crippen molar-refractivity contribution in [3.8, 4) is 5.75 Å². The zero-order valence-corrected chi connectivity index (χ0v) is 14.6. The molecule has 0 heterocycles. The molecule has 0 saturated heterocycles. The third-order valence-electron chi connectivity index (χ3n) is 3.61. The van der Waals surface area contributed by atoms with Crippen LogP contribution in [0, 0.1) is 20.8 Å². The van der Waals surface area contributed by atoms with Gasteiger partial charge >= 0.3 is 0 Å². The summed E-state index contributed by atoms with van der Waals surface area (Å²) in [5.74, 6) is 0.740. The lowest BCUT2D eigenvalue weighted by Crippen LogP contribution is -2.29. The fraction of sp³-hybridized carbons (Fsp3) is 0.333. The number of ether oxygens (including phenoxy) is 1. The molecule has 0 aliphatic carbocycles. The van der Waals surface area contributed by atoms with E-state index in [9.17, 15) is 8.42 Å². The quantitative estimate of drug-likeness (QED) is 0.792. The van der Waals surface area contributed by atoms with Crippen molar-refractivity contribution in [3.05, 3.63) is 64.7 Å². The van der Waals surface area contributed by atoms with E-state index < -0.39 is 10.0 Å². The highest BCUT2D eigenvalue weighted by Gasteiger charge is 2.11. The van der Waals surface area contributed by atoms with Gasteiger partial charge in [0.1, 0.15) is 12.4 Å². The molecule has 5 heteroatoms. The summed E-state index contributed by atoms with van der Waals surface area (Å²) in [7, 11) is -3.35. The third-order valence-corrected chi connectivity index (χ3v) is 4.97. The van der Waals surface area contributed by atoms with Crippen LogP contribution in [0.15, 0.2) is 42.5 Å². The minimum atomic E-state index is -3.35. The van der Waals surface area contributed by atoms with Crippen molar-refractivity contribution in [2.45, 2.75) is 26.5 Å². The van der Waals surface area contributed by atoms with Crippen LogP contribution in [0.4, 0.5) is 0 Å². The van der Waals surface area contributed by atoms with Gasteiger partial charge in [-0.3, -0.25) is 0 Å². The Morgan fingerprint density at radius 1 is 1.00 bits per heavy atom. The topological polar surface area (TPSA) is 55.4 Å². The molecular weight excluding hydrogens is 310 g/mol. The van der Waals surface area contributed by atoms with E-state index in [0.29, 0.717) is 6.61 Å². The van der Waals surface area contributed by atoms with Crippen molar-refractivity contribution in [1.29, 1.82) is 0 Å². The average Bonchev–Trinajstić information content (AvgIpc) is 2.47. The largest absolute Gasteiger partial charge is 0.492 e. The zero-order chi connectivity index (χ0) is 16.9. The van der Waals surface area contributed by atoms with Gasteiger partial charge in [-0.25, -0.2) is 13.1 Å². The van der Waals surface area contributed by atoms with E-state index in [1.165, 1.54) is 5.56 Å². The Balaban J connectivity index is 1.81. The Kier molecular flexibility index (Phi) is 5.80. The number of sulfonamides is 1. The van der Waals surface area contributed by atoms with Gasteiger partial charge in [0.2, 0.25) is 10.0 Å². The molecule has 0 aliphatic heterocycles. The molecule has 0 saturated carbocycles. The van der Waals surface area contributed by atoms with Crippen LogP contribution in [0.5, 0.6) is 5.75 Å². The Bertz CT molecular complexity index is 770. The van der Waals surface area contributed by atoms with Crippen LogP contribution in [0.2, 0.25) is 0 Å². The molecule has 124 valence electrons. The molecular formula is C18H23NO3S. The highest BCUT2D eigenvalue weighted by molar-refractivity contribution is 7.88. The van der Waals surface area contributed by atoms with Gasteiger partial charge in [0, 0.05) is 6.54 Å². The van der Waals surface area contributed by atoms with E-state index in [2.05, 4.69) is 4.72 Å². The molecule has 0 aliphatic rings. The van der Waals surface area contributed by atoms with Gasteiger partial charge in [-0.1, -0.05) is 35.9 Å². The number of hydrogen-bond donors (Lipinski definition) is 1. The summed E-state index contributed by atoms with van der Waals surface area (Å²) in [6, 6.07) is 13.3. The predicted octanol–water partition coefficient (Wildman–Crippen LogP) is 3.11. The number of hydrogen-bond acceptors (Lipinski definition) is 3. The van der Waals surface area contributed by atoms with Gasteiger partial charge in [0.25, 0.3) is 0 Å². The van der Waals surface area contributed by atoms with E-state index in [1.807, 2.05) is 63.2 Å². The van der Waals surface area contributed by atoms with Crippen molar-refractivity contribution in [3.63, 3.8) is 0 Å². The van der Waals surface area contributed by atoms with Gasteiger partial charge in [-0.2, -0.15) is 0 Å². The predicted molar refractivity (Wildman–Crippen MR) is 93.2 cm³/mol. The number of aryl methyl sites for hydroxylation is 3. The third kappa shape index (κ3) is 5.69. The second-order valence-corrected chi connectivity index (χ2v) is 7.54. The molecule has 0 fully saturated rings. The molecule has 2 rings (SSSR count). The van der Waals surface area contributed by atoms with Crippen molar-refractivity contribution in [2.75, 3.05) is 13.2 Å². The van der Waals surface area contributed by atoms with Crippen molar-refractivity contribution in [1.82, 2.24) is 4.72 Å². The lowest BCUT2D eigenvalue weighted by atomic mass is 10.1. The van der Waals surface area contributed by atoms with Crippen molar-refractivity contribution in [2.24, 2.45) is 0 Å². The fourth-order valence-corrected chi connectivity index (χ4v) is 3.36. The monoisotopic (exact) mass is 333 g/mol. The highest BCUT2D eigenvalue weighted by Crippen LogP contribution is 2.16. The molecule has 0 bridgehead atoms. The summed E-state index contributed by atoms with van der Waals surface area (Å²) >= 11 is 0. The Labute approximate surface area is 138 Å². The van der Waals surface area contributed by atoms with Gasteiger partial charge in [-0.05, 0) is 49.6 Å². The van der Waals surface area contributed by atoms with Crippen LogP contribution in [0.25, 0.3) is 0 Å². The second-order valence-electron chi connectivity index (χ2n) is 5.74. The van der Waals surface area contributed by atoms with Gasteiger partial charge in [0.15, 0.2) is 0 Å². The number of nitrogens with one attached hydrogen (secondary N) is 1.